The largest absolute Gasteiger partial charge is 0.496 e. The van der Waals surface area contributed by atoms with Crippen molar-refractivity contribution in [1.29, 1.82) is 0 Å². The molecule has 2 unspecified atom stereocenters. The predicted octanol–water partition coefficient (Wildman–Crippen LogP) is 0.800. The van der Waals surface area contributed by atoms with E-state index in [0.717, 1.165) is 16.9 Å². The fraction of sp³-hybridized carbons (Fsp3) is 0.455. The Hall–Kier alpha value is -1.07. The Morgan fingerprint density at radius 3 is 2.56 bits per heavy atom. The number of methoxy groups -OCH3 is 1. The summed E-state index contributed by atoms with van der Waals surface area (Å²) in [7, 11) is -1.44. The Bertz CT molecular complexity index is 510. The van der Waals surface area contributed by atoms with E-state index in [1.165, 1.54) is 0 Å². The molecule has 1 saturated heterocycles. The average molecular weight is 241 g/mol. The van der Waals surface area contributed by atoms with E-state index in [1.54, 1.807) is 19.2 Å². The van der Waals surface area contributed by atoms with E-state index in [1.807, 2.05) is 13.0 Å². The molecule has 2 atom stereocenters. The summed E-state index contributed by atoms with van der Waals surface area (Å²) in [5.41, 5.74) is 7.43. The van der Waals surface area contributed by atoms with Gasteiger partial charge in [0, 0.05) is 6.04 Å². The molecule has 0 saturated carbocycles. The van der Waals surface area contributed by atoms with Gasteiger partial charge in [0.25, 0.3) is 0 Å². The molecule has 1 aliphatic rings. The maximum Gasteiger partial charge on any atom is 0.160 e. The summed E-state index contributed by atoms with van der Waals surface area (Å²) < 4.78 is 28.3. The van der Waals surface area contributed by atoms with Crippen molar-refractivity contribution in [3.63, 3.8) is 0 Å². The molecular formula is C11H15NO3S. The van der Waals surface area contributed by atoms with Gasteiger partial charge in [0.15, 0.2) is 9.84 Å². The predicted molar refractivity (Wildman–Crippen MR) is 62.2 cm³/mol. The first-order valence-electron chi connectivity index (χ1n) is 5.07. The van der Waals surface area contributed by atoms with Crippen molar-refractivity contribution in [3.05, 3.63) is 29.3 Å². The van der Waals surface area contributed by atoms with Crippen molar-refractivity contribution in [2.45, 2.75) is 18.2 Å². The fourth-order valence-corrected chi connectivity index (χ4v) is 3.90. The number of rotatable bonds is 2. The van der Waals surface area contributed by atoms with Gasteiger partial charge >= 0.3 is 0 Å². The molecule has 0 bridgehead atoms. The minimum Gasteiger partial charge on any atom is -0.496 e. The highest BCUT2D eigenvalue weighted by Gasteiger charge is 2.44. The van der Waals surface area contributed by atoms with Crippen LogP contribution in [0.15, 0.2) is 18.2 Å². The third kappa shape index (κ3) is 1.70. The Balaban J connectivity index is 2.39. The minimum absolute atomic E-state index is 0.0861. The number of benzene rings is 1. The second-order valence-corrected chi connectivity index (χ2v) is 6.31. The van der Waals surface area contributed by atoms with E-state index in [9.17, 15) is 8.42 Å². The van der Waals surface area contributed by atoms with Gasteiger partial charge < -0.3 is 10.5 Å². The summed E-state index contributed by atoms with van der Waals surface area (Å²) in [4.78, 5) is 0. The van der Waals surface area contributed by atoms with Crippen molar-refractivity contribution < 1.29 is 13.2 Å². The van der Waals surface area contributed by atoms with Crippen LogP contribution in [0.4, 0.5) is 0 Å². The zero-order chi connectivity index (χ0) is 11.9. The Morgan fingerprint density at radius 1 is 1.44 bits per heavy atom. The van der Waals surface area contributed by atoms with Crippen molar-refractivity contribution >= 4 is 9.84 Å². The van der Waals surface area contributed by atoms with E-state index in [0.29, 0.717) is 0 Å². The molecule has 0 spiro atoms. The molecule has 88 valence electrons. The van der Waals surface area contributed by atoms with Crippen LogP contribution in [0.2, 0.25) is 0 Å². The lowest BCUT2D eigenvalue weighted by Crippen LogP contribution is -2.50. The number of ether oxygens (including phenoxy) is 1. The lowest BCUT2D eigenvalue weighted by Gasteiger charge is -2.33. The van der Waals surface area contributed by atoms with Gasteiger partial charge in [0.1, 0.15) is 11.0 Å². The number of hydrogen-bond donors (Lipinski definition) is 1. The molecule has 0 aliphatic carbocycles. The molecule has 1 aromatic carbocycles. The lowest BCUT2D eigenvalue weighted by molar-refractivity contribution is 0.411. The van der Waals surface area contributed by atoms with E-state index in [-0.39, 0.29) is 11.8 Å². The Kier molecular flexibility index (Phi) is 2.67. The normalized spacial score (nSPS) is 27.2. The molecule has 5 heteroatoms. The number of hydrogen-bond acceptors (Lipinski definition) is 4. The molecule has 16 heavy (non-hydrogen) atoms. The summed E-state index contributed by atoms with van der Waals surface area (Å²) >= 11 is 0. The fourth-order valence-electron chi connectivity index (χ4n) is 2.14. The number of sulfone groups is 1. The summed E-state index contributed by atoms with van der Waals surface area (Å²) in [6.45, 7) is 1.89. The van der Waals surface area contributed by atoms with Crippen molar-refractivity contribution in [2.75, 3.05) is 12.9 Å². The molecule has 1 aliphatic heterocycles. The van der Waals surface area contributed by atoms with Gasteiger partial charge in [-0.15, -0.1) is 0 Å². The minimum atomic E-state index is -3.03. The van der Waals surface area contributed by atoms with Crippen LogP contribution in [0, 0.1) is 6.92 Å². The first-order valence-corrected chi connectivity index (χ1v) is 6.79. The van der Waals surface area contributed by atoms with Crippen LogP contribution in [0.3, 0.4) is 0 Å². The molecular weight excluding hydrogens is 226 g/mol. The van der Waals surface area contributed by atoms with E-state index in [2.05, 4.69) is 0 Å². The van der Waals surface area contributed by atoms with Gasteiger partial charge in [-0.05, 0) is 24.1 Å². The third-order valence-electron chi connectivity index (χ3n) is 2.95. The second-order valence-electron chi connectivity index (χ2n) is 4.14. The molecule has 2 N–H and O–H groups in total. The van der Waals surface area contributed by atoms with Gasteiger partial charge in [-0.2, -0.15) is 0 Å². The molecule has 0 radical (unpaired) electrons. The van der Waals surface area contributed by atoms with Gasteiger partial charge in [-0.1, -0.05) is 12.1 Å². The van der Waals surface area contributed by atoms with Crippen LogP contribution in [0.5, 0.6) is 5.75 Å². The molecule has 4 nitrogen and oxygen atoms in total. The van der Waals surface area contributed by atoms with Crippen molar-refractivity contribution in [2.24, 2.45) is 5.73 Å². The molecule has 0 aromatic heterocycles. The highest BCUT2D eigenvalue weighted by Crippen LogP contribution is 2.36. The first kappa shape index (κ1) is 11.4. The monoisotopic (exact) mass is 241 g/mol. The quantitative estimate of drug-likeness (QED) is 0.831. The van der Waals surface area contributed by atoms with Crippen molar-refractivity contribution in [1.82, 2.24) is 0 Å². The summed E-state index contributed by atoms with van der Waals surface area (Å²) in [6.07, 6.45) is 0. The first-order chi connectivity index (χ1) is 7.45. The molecule has 1 aromatic rings. The van der Waals surface area contributed by atoms with E-state index >= 15 is 0 Å². The van der Waals surface area contributed by atoms with Gasteiger partial charge in [0.05, 0.1) is 12.9 Å². The smallest absolute Gasteiger partial charge is 0.160 e. The summed E-state index contributed by atoms with van der Waals surface area (Å²) in [5.74, 6) is 0.844. The van der Waals surface area contributed by atoms with Crippen LogP contribution in [0.25, 0.3) is 0 Å². The van der Waals surface area contributed by atoms with E-state index in [4.69, 9.17) is 10.5 Å². The van der Waals surface area contributed by atoms with Crippen LogP contribution in [-0.4, -0.2) is 27.3 Å². The van der Waals surface area contributed by atoms with E-state index < -0.39 is 15.1 Å². The standard InChI is InChI=1S/C11H15NO3S/c1-7-5-8(3-4-10(7)15-2)11-9(12)6-16(11,13)14/h3-5,9,11H,6,12H2,1-2H3. The van der Waals surface area contributed by atoms with Gasteiger partial charge in [-0.25, -0.2) is 8.42 Å². The SMILES string of the molecule is COc1ccc(C2C(N)CS2(=O)=O)cc1C. The van der Waals surface area contributed by atoms with Gasteiger partial charge in [-0.3, -0.25) is 0 Å². The topological polar surface area (TPSA) is 69.4 Å². The van der Waals surface area contributed by atoms with Crippen LogP contribution in [0.1, 0.15) is 16.4 Å². The summed E-state index contributed by atoms with van der Waals surface area (Å²) in [6, 6.07) is 5.11. The Morgan fingerprint density at radius 2 is 2.12 bits per heavy atom. The number of nitrogens with two attached hydrogens (primary N) is 1. The number of aryl methyl sites for hydroxylation is 1. The second kappa shape index (κ2) is 3.75. The highest BCUT2D eigenvalue weighted by atomic mass is 32.2. The molecule has 1 heterocycles. The zero-order valence-electron chi connectivity index (χ0n) is 9.30. The highest BCUT2D eigenvalue weighted by molar-refractivity contribution is 7.93. The lowest BCUT2D eigenvalue weighted by atomic mass is 10.0. The van der Waals surface area contributed by atoms with Crippen LogP contribution in [-0.2, 0) is 9.84 Å². The zero-order valence-corrected chi connectivity index (χ0v) is 10.1. The van der Waals surface area contributed by atoms with Crippen LogP contribution >= 0.6 is 0 Å². The summed E-state index contributed by atoms with van der Waals surface area (Å²) in [5, 5.41) is -0.544. The van der Waals surface area contributed by atoms with Crippen molar-refractivity contribution in [3.8, 4) is 5.75 Å². The average Bonchev–Trinajstić information content (AvgIpc) is 2.16. The Labute approximate surface area is 95.3 Å². The molecule has 0 amide bonds. The maximum absolute atomic E-state index is 11.6. The third-order valence-corrected chi connectivity index (χ3v) is 5.19. The molecule has 2 rings (SSSR count). The molecule has 1 fully saturated rings. The maximum atomic E-state index is 11.6. The van der Waals surface area contributed by atoms with Crippen LogP contribution < -0.4 is 10.5 Å². The van der Waals surface area contributed by atoms with Gasteiger partial charge in [0.2, 0.25) is 0 Å².